The number of nitrogen functional groups attached to an aromatic ring is 1. The molecule has 9 heteroatoms. The second kappa shape index (κ2) is 11.4. The van der Waals surface area contributed by atoms with Crippen LogP contribution in [0.1, 0.15) is 42.0 Å². The van der Waals surface area contributed by atoms with E-state index < -0.39 is 11.2 Å². The highest BCUT2D eigenvalue weighted by Crippen LogP contribution is 2.31. The number of nitrogens with one attached hydrogen (secondary N) is 1. The Hall–Kier alpha value is -2.52. The molecule has 1 heterocycles. The number of amides is 1. The number of aromatic nitrogens is 2. The first kappa shape index (κ1) is 25.7. The Labute approximate surface area is 193 Å². The van der Waals surface area contributed by atoms with E-state index in [1.807, 2.05) is 20.8 Å². The number of carbonyl (C=O) groups excluding carboxylic acids is 1. The third-order valence-electron chi connectivity index (χ3n) is 5.68. The molecule has 0 bridgehead atoms. The minimum absolute atomic E-state index is 0.000383. The molecule has 0 aliphatic carbocycles. The smallest absolute Gasteiger partial charge is 0.330 e. The molecule has 0 radical (unpaired) electrons. The number of anilines is 2. The fourth-order valence-electron chi connectivity index (χ4n) is 3.53. The van der Waals surface area contributed by atoms with Crippen molar-refractivity contribution in [3.8, 4) is 0 Å². The van der Waals surface area contributed by atoms with Gasteiger partial charge in [0.15, 0.2) is 5.69 Å². The predicted molar refractivity (Wildman–Crippen MR) is 131 cm³/mol. The molecular formula is C23H34N4O4S. The van der Waals surface area contributed by atoms with Crippen molar-refractivity contribution in [1.82, 2.24) is 9.55 Å². The van der Waals surface area contributed by atoms with Crippen LogP contribution in [0.25, 0.3) is 0 Å². The van der Waals surface area contributed by atoms with Crippen LogP contribution >= 0.6 is 11.8 Å². The van der Waals surface area contributed by atoms with E-state index in [4.69, 9.17) is 10.5 Å². The molecule has 1 aromatic carbocycles. The van der Waals surface area contributed by atoms with Gasteiger partial charge in [0.25, 0.3) is 5.56 Å². The van der Waals surface area contributed by atoms with Crippen LogP contribution in [0, 0.1) is 27.7 Å². The van der Waals surface area contributed by atoms with Crippen molar-refractivity contribution in [3.63, 3.8) is 0 Å². The maximum absolute atomic E-state index is 13.3. The Morgan fingerprint density at radius 3 is 2.38 bits per heavy atom. The normalized spacial score (nSPS) is 11.1. The Morgan fingerprint density at radius 1 is 1.19 bits per heavy atom. The molecule has 176 valence electrons. The van der Waals surface area contributed by atoms with Crippen LogP contribution in [-0.4, -0.2) is 41.5 Å². The zero-order valence-corrected chi connectivity index (χ0v) is 20.6. The Bertz CT molecular complexity index is 1060. The molecule has 32 heavy (non-hydrogen) atoms. The number of ether oxygens (including phenoxy) is 1. The Morgan fingerprint density at radius 2 is 1.81 bits per heavy atom. The SMILES string of the molecule is CCCCn1c(N)c(N(CCOC)C(=O)CSc2c(C)c(C)cc(C)c2C)c(=O)[nH]c1=O. The van der Waals surface area contributed by atoms with E-state index >= 15 is 0 Å². The van der Waals surface area contributed by atoms with Crippen LogP contribution in [0.5, 0.6) is 0 Å². The van der Waals surface area contributed by atoms with Crippen LogP contribution < -0.4 is 21.9 Å². The van der Waals surface area contributed by atoms with E-state index in [1.165, 1.54) is 39.5 Å². The van der Waals surface area contributed by atoms with E-state index in [-0.39, 0.29) is 36.3 Å². The molecule has 0 atom stereocenters. The van der Waals surface area contributed by atoms with Crippen molar-refractivity contribution in [2.45, 2.75) is 58.9 Å². The highest BCUT2D eigenvalue weighted by atomic mass is 32.2. The van der Waals surface area contributed by atoms with E-state index in [0.29, 0.717) is 6.54 Å². The molecule has 0 spiro atoms. The molecule has 0 saturated carbocycles. The molecule has 2 rings (SSSR count). The highest BCUT2D eigenvalue weighted by molar-refractivity contribution is 8.00. The standard InChI is InChI=1S/C23H34N4O4S/c1-7-8-9-27-21(24)19(22(29)25-23(27)30)26(10-11-31-6)18(28)13-32-20-16(4)14(2)12-15(3)17(20)5/h12H,7-11,13,24H2,1-6H3,(H,25,29,30). The van der Waals surface area contributed by atoms with Crippen molar-refractivity contribution < 1.29 is 9.53 Å². The number of methoxy groups -OCH3 is 1. The maximum Gasteiger partial charge on any atom is 0.330 e. The van der Waals surface area contributed by atoms with Gasteiger partial charge in [-0.15, -0.1) is 11.8 Å². The number of hydrogen-bond acceptors (Lipinski definition) is 6. The molecule has 3 N–H and O–H groups in total. The third-order valence-corrected chi connectivity index (χ3v) is 6.97. The molecule has 2 aromatic rings. The summed E-state index contributed by atoms with van der Waals surface area (Å²) in [5, 5.41) is 0. The largest absolute Gasteiger partial charge is 0.383 e. The number of aryl methyl sites for hydroxylation is 2. The summed E-state index contributed by atoms with van der Waals surface area (Å²) in [5.41, 5.74) is 9.60. The van der Waals surface area contributed by atoms with Crippen molar-refractivity contribution in [3.05, 3.63) is 49.2 Å². The molecule has 8 nitrogen and oxygen atoms in total. The van der Waals surface area contributed by atoms with Gasteiger partial charge in [-0.05, 0) is 56.4 Å². The fourth-order valence-corrected chi connectivity index (χ4v) is 4.71. The van der Waals surface area contributed by atoms with Crippen LogP contribution in [0.4, 0.5) is 11.5 Å². The first-order valence-electron chi connectivity index (χ1n) is 10.8. The minimum Gasteiger partial charge on any atom is -0.383 e. The summed E-state index contributed by atoms with van der Waals surface area (Å²) in [6.07, 6.45) is 1.58. The number of hydrogen-bond donors (Lipinski definition) is 2. The number of rotatable bonds is 10. The first-order valence-corrected chi connectivity index (χ1v) is 11.7. The quantitative estimate of drug-likeness (QED) is 0.525. The van der Waals surface area contributed by atoms with Gasteiger partial charge in [0, 0.05) is 25.1 Å². The van der Waals surface area contributed by atoms with E-state index in [9.17, 15) is 14.4 Å². The van der Waals surface area contributed by atoms with Gasteiger partial charge in [-0.2, -0.15) is 0 Å². The minimum atomic E-state index is -0.673. The van der Waals surface area contributed by atoms with Crippen LogP contribution in [0.15, 0.2) is 20.6 Å². The molecule has 1 aromatic heterocycles. The van der Waals surface area contributed by atoms with Crippen LogP contribution in [0.3, 0.4) is 0 Å². The van der Waals surface area contributed by atoms with Gasteiger partial charge >= 0.3 is 5.69 Å². The van der Waals surface area contributed by atoms with Crippen molar-refractivity contribution in [2.24, 2.45) is 0 Å². The van der Waals surface area contributed by atoms with Gasteiger partial charge in [0.2, 0.25) is 5.91 Å². The molecule has 1 amide bonds. The summed E-state index contributed by atoms with van der Waals surface area (Å²) in [6.45, 7) is 10.9. The lowest BCUT2D eigenvalue weighted by atomic mass is 10.0. The number of H-pyrrole nitrogens is 1. The van der Waals surface area contributed by atoms with Gasteiger partial charge < -0.3 is 15.4 Å². The average molecular weight is 463 g/mol. The number of thioether (sulfide) groups is 1. The average Bonchev–Trinajstić information content (AvgIpc) is 2.74. The summed E-state index contributed by atoms with van der Waals surface area (Å²) in [7, 11) is 1.52. The second-order valence-electron chi connectivity index (χ2n) is 7.91. The number of benzene rings is 1. The Kier molecular flexibility index (Phi) is 9.15. The second-order valence-corrected chi connectivity index (χ2v) is 8.90. The van der Waals surface area contributed by atoms with Crippen LogP contribution in [0.2, 0.25) is 0 Å². The molecule has 0 unspecified atom stereocenters. The van der Waals surface area contributed by atoms with Gasteiger partial charge in [0.05, 0.1) is 12.4 Å². The van der Waals surface area contributed by atoms with Gasteiger partial charge in [-0.25, -0.2) is 4.79 Å². The lowest BCUT2D eigenvalue weighted by Crippen LogP contribution is -2.43. The van der Waals surface area contributed by atoms with Gasteiger partial charge in [-0.3, -0.25) is 19.1 Å². The number of carbonyl (C=O) groups is 1. The third kappa shape index (κ3) is 5.63. The van der Waals surface area contributed by atoms with E-state index in [2.05, 4.69) is 24.9 Å². The molecule has 0 fully saturated rings. The van der Waals surface area contributed by atoms with Crippen molar-refractivity contribution in [2.75, 3.05) is 36.6 Å². The first-order chi connectivity index (χ1) is 15.1. The summed E-state index contributed by atoms with van der Waals surface area (Å²) in [6, 6.07) is 2.14. The van der Waals surface area contributed by atoms with Crippen LogP contribution in [-0.2, 0) is 16.1 Å². The summed E-state index contributed by atoms with van der Waals surface area (Å²) >= 11 is 1.45. The number of nitrogens with zero attached hydrogens (tertiary/aromatic N) is 2. The highest BCUT2D eigenvalue weighted by Gasteiger charge is 2.24. The lowest BCUT2D eigenvalue weighted by molar-refractivity contribution is -0.116. The zero-order valence-electron chi connectivity index (χ0n) is 19.8. The summed E-state index contributed by atoms with van der Waals surface area (Å²) in [4.78, 5) is 42.9. The molecular weight excluding hydrogens is 428 g/mol. The van der Waals surface area contributed by atoms with Gasteiger partial charge in [-0.1, -0.05) is 19.4 Å². The molecule has 0 aliphatic heterocycles. The summed E-state index contributed by atoms with van der Waals surface area (Å²) in [5.74, 6) is -0.148. The summed E-state index contributed by atoms with van der Waals surface area (Å²) < 4.78 is 6.47. The molecule has 0 saturated heterocycles. The molecule has 0 aliphatic rings. The zero-order chi connectivity index (χ0) is 24.0. The van der Waals surface area contributed by atoms with Crippen molar-refractivity contribution >= 4 is 29.2 Å². The maximum atomic E-state index is 13.3. The Balaban J connectivity index is 2.42. The topological polar surface area (TPSA) is 110 Å². The number of aromatic amines is 1. The van der Waals surface area contributed by atoms with Gasteiger partial charge in [0.1, 0.15) is 5.82 Å². The number of unbranched alkanes of at least 4 members (excludes halogenated alkanes) is 1. The predicted octanol–water partition coefficient (Wildman–Crippen LogP) is 2.92. The van der Waals surface area contributed by atoms with E-state index in [1.54, 1.807) is 0 Å². The monoisotopic (exact) mass is 462 g/mol. The number of nitrogens with two attached hydrogens (primary N) is 1. The lowest BCUT2D eigenvalue weighted by Gasteiger charge is -2.24. The van der Waals surface area contributed by atoms with E-state index in [0.717, 1.165) is 28.9 Å². The van der Waals surface area contributed by atoms with Crippen molar-refractivity contribution in [1.29, 1.82) is 0 Å². The fraction of sp³-hybridized carbons (Fsp3) is 0.522.